The van der Waals surface area contributed by atoms with E-state index in [1.807, 2.05) is 45.0 Å². The van der Waals surface area contributed by atoms with Gasteiger partial charge in [0.25, 0.3) is 0 Å². The summed E-state index contributed by atoms with van der Waals surface area (Å²) >= 11 is 6.04. The first-order valence-electron chi connectivity index (χ1n) is 9.95. The van der Waals surface area contributed by atoms with E-state index in [2.05, 4.69) is 20.7 Å². The van der Waals surface area contributed by atoms with Gasteiger partial charge in [-0.2, -0.15) is 18.3 Å². The summed E-state index contributed by atoms with van der Waals surface area (Å²) < 4.78 is 40.3. The van der Waals surface area contributed by atoms with Crippen LogP contribution in [0.3, 0.4) is 0 Å². The normalized spacial score (nSPS) is 13.6. The quantitative estimate of drug-likeness (QED) is 0.499. The van der Waals surface area contributed by atoms with E-state index in [-0.39, 0.29) is 28.6 Å². The van der Waals surface area contributed by atoms with Crippen molar-refractivity contribution in [3.8, 4) is 5.69 Å². The van der Waals surface area contributed by atoms with Crippen molar-refractivity contribution in [2.75, 3.05) is 5.32 Å². The number of nitrogens with zero attached hydrogens (tertiary/aromatic N) is 3. The van der Waals surface area contributed by atoms with Gasteiger partial charge in [-0.1, -0.05) is 37.6 Å². The summed E-state index contributed by atoms with van der Waals surface area (Å²) in [4.78, 5) is 16.9. The molecular formula is C22H23ClF3N5O. The fourth-order valence-corrected chi connectivity index (χ4v) is 3.39. The molecule has 2 aromatic carbocycles. The molecule has 0 fully saturated rings. The van der Waals surface area contributed by atoms with E-state index in [1.54, 1.807) is 11.0 Å². The molecule has 0 aliphatic heterocycles. The Morgan fingerprint density at radius 2 is 1.78 bits per heavy atom. The summed E-state index contributed by atoms with van der Waals surface area (Å²) in [7, 11) is 0. The highest BCUT2D eigenvalue weighted by molar-refractivity contribution is 6.33. The predicted octanol–water partition coefficient (Wildman–Crippen LogP) is 5.25. The largest absolute Gasteiger partial charge is 0.416 e. The molecule has 0 aliphatic carbocycles. The van der Waals surface area contributed by atoms with E-state index in [1.165, 1.54) is 12.4 Å². The van der Waals surface area contributed by atoms with Gasteiger partial charge in [-0.3, -0.25) is 4.79 Å². The Morgan fingerprint density at radius 1 is 1.09 bits per heavy atom. The van der Waals surface area contributed by atoms with Gasteiger partial charge >= 0.3 is 6.18 Å². The zero-order chi connectivity index (χ0) is 23.5. The number of anilines is 1. The monoisotopic (exact) mass is 465 g/mol. The van der Waals surface area contributed by atoms with E-state index >= 15 is 0 Å². The lowest BCUT2D eigenvalue weighted by Crippen LogP contribution is -2.44. The Bertz CT molecular complexity index is 1050. The van der Waals surface area contributed by atoms with Crippen LogP contribution in [0.25, 0.3) is 5.69 Å². The Hall–Kier alpha value is -3.07. The molecule has 3 rings (SSSR count). The minimum Gasteiger partial charge on any atom is -0.372 e. The van der Waals surface area contributed by atoms with E-state index in [0.29, 0.717) is 0 Å². The number of benzene rings is 2. The van der Waals surface area contributed by atoms with E-state index in [4.69, 9.17) is 11.6 Å². The van der Waals surface area contributed by atoms with Crippen molar-refractivity contribution in [1.29, 1.82) is 0 Å². The molecule has 170 valence electrons. The van der Waals surface area contributed by atoms with E-state index < -0.39 is 17.8 Å². The Morgan fingerprint density at radius 3 is 2.31 bits per heavy atom. The number of hydrogen-bond donors (Lipinski definition) is 2. The highest BCUT2D eigenvalue weighted by atomic mass is 35.5. The van der Waals surface area contributed by atoms with Crippen LogP contribution in [0.1, 0.15) is 37.9 Å². The lowest BCUT2D eigenvalue weighted by Gasteiger charge is -2.26. The molecule has 0 saturated heterocycles. The molecule has 0 bridgehead atoms. The molecule has 3 aromatic rings. The second-order valence-electron chi connectivity index (χ2n) is 7.72. The molecule has 1 heterocycles. The van der Waals surface area contributed by atoms with Gasteiger partial charge in [0.1, 0.15) is 18.7 Å². The second-order valence-corrected chi connectivity index (χ2v) is 8.13. The number of alkyl halides is 3. The number of aromatic nitrogens is 3. The summed E-state index contributed by atoms with van der Waals surface area (Å²) in [5, 5.41) is 9.90. The summed E-state index contributed by atoms with van der Waals surface area (Å²) in [6.45, 7) is 5.53. The molecular weight excluding hydrogens is 443 g/mol. The third-order valence-corrected chi connectivity index (χ3v) is 5.30. The molecule has 2 N–H and O–H groups in total. The third kappa shape index (κ3) is 5.59. The molecule has 0 saturated carbocycles. The third-order valence-electron chi connectivity index (χ3n) is 4.99. The summed E-state index contributed by atoms with van der Waals surface area (Å²) in [6.07, 6.45) is -1.46. The van der Waals surface area contributed by atoms with Crippen molar-refractivity contribution >= 4 is 23.2 Å². The number of carbonyl (C=O) groups is 1. The highest BCUT2D eigenvalue weighted by Gasteiger charge is 2.31. The van der Waals surface area contributed by atoms with Crippen LogP contribution in [0, 0.1) is 5.92 Å². The standard InChI is InChI=1S/C22H23ClF3N5O/c1-13(2)20(30-19-9-6-16(10-18(19)23)22(24,25)26)21(32)29-14(3)15-4-7-17(8-5-15)31-12-27-11-28-31/h4-14,20,30H,1-3H3,(H,29,32)/t14?,20-/m0/s1. The first-order chi connectivity index (χ1) is 15.1. The van der Waals surface area contributed by atoms with Gasteiger partial charge in [-0.15, -0.1) is 0 Å². The van der Waals surface area contributed by atoms with Gasteiger partial charge < -0.3 is 10.6 Å². The predicted molar refractivity (Wildman–Crippen MR) is 117 cm³/mol. The molecule has 1 unspecified atom stereocenters. The van der Waals surface area contributed by atoms with Gasteiger partial charge in [0.15, 0.2) is 0 Å². The Kier molecular flexibility index (Phi) is 7.08. The second kappa shape index (κ2) is 9.60. The number of nitrogens with one attached hydrogen (secondary N) is 2. The molecule has 6 nitrogen and oxygen atoms in total. The van der Waals surface area contributed by atoms with E-state index in [9.17, 15) is 18.0 Å². The number of hydrogen-bond acceptors (Lipinski definition) is 4. The topological polar surface area (TPSA) is 71.8 Å². The van der Waals surface area contributed by atoms with Gasteiger partial charge in [-0.05, 0) is 48.7 Å². The first-order valence-corrected chi connectivity index (χ1v) is 10.3. The fourth-order valence-electron chi connectivity index (χ4n) is 3.15. The van der Waals surface area contributed by atoms with Crippen molar-refractivity contribution in [2.45, 2.75) is 39.0 Å². The van der Waals surface area contributed by atoms with Crippen molar-refractivity contribution < 1.29 is 18.0 Å². The van der Waals surface area contributed by atoms with Crippen LogP contribution in [0.5, 0.6) is 0 Å². The van der Waals surface area contributed by atoms with Crippen molar-refractivity contribution in [1.82, 2.24) is 20.1 Å². The van der Waals surface area contributed by atoms with Crippen LogP contribution >= 0.6 is 11.6 Å². The van der Waals surface area contributed by atoms with Crippen LogP contribution in [0.2, 0.25) is 5.02 Å². The van der Waals surface area contributed by atoms with Crippen molar-refractivity contribution in [3.63, 3.8) is 0 Å². The molecule has 10 heteroatoms. The number of amides is 1. The lowest BCUT2D eigenvalue weighted by molar-refractivity contribution is -0.137. The minimum atomic E-state index is -4.49. The summed E-state index contributed by atoms with van der Waals surface area (Å²) in [6, 6.07) is 9.53. The fraction of sp³-hybridized carbons (Fsp3) is 0.318. The summed E-state index contributed by atoms with van der Waals surface area (Å²) in [5.74, 6) is -0.431. The van der Waals surface area contributed by atoms with Crippen LogP contribution in [-0.2, 0) is 11.0 Å². The van der Waals surface area contributed by atoms with Gasteiger partial charge in [-0.25, -0.2) is 9.67 Å². The molecule has 2 atom stereocenters. The maximum atomic E-state index is 12.9. The van der Waals surface area contributed by atoms with E-state index in [0.717, 1.165) is 23.4 Å². The average molecular weight is 466 g/mol. The van der Waals surface area contributed by atoms with Crippen LogP contribution in [0.4, 0.5) is 18.9 Å². The van der Waals surface area contributed by atoms with Crippen LogP contribution in [0.15, 0.2) is 55.1 Å². The lowest BCUT2D eigenvalue weighted by atomic mass is 10.0. The van der Waals surface area contributed by atoms with Gasteiger partial charge in [0.2, 0.25) is 5.91 Å². The van der Waals surface area contributed by atoms with Gasteiger partial charge in [0.05, 0.1) is 28.0 Å². The number of halogens is 4. The molecule has 1 aromatic heterocycles. The maximum Gasteiger partial charge on any atom is 0.416 e. The van der Waals surface area contributed by atoms with Crippen LogP contribution < -0.4 is 10.6 Å². The first kappa shape index (κ1) is 23.6. The number of rotatable bonds is 7. The molecule has 1 amide bonds. The minimum absolute atomic E-state index is 0.102. The van der Waals surface area contributed by atoms with Crippen LogP contribution in [-0.4, -0.2) is 26.7 Å². The average Bonchev–Trinajstić information content (AvgIpc) is 3.26. The maximum absolute atomic E-state index is 12.9. The molecule has 0 aliphatic rings. The smallest absolute Gasteiger partial charge is 0.372 e. The zero-order valence-corrected chi connectivity index (χ0v) is 18.4. The van der Waals surface area contributed by atoms with Crippen molar-refractivity contribution in [2.24, 2.45) is 5.92 Å². The highest BCUT2D eigenvalue weighted by Crippen LogP contribution is 2.34. The molecule has 0 spiro atoms. The number of carbonyl (C=O) groups excluding carboxylic acids is 1. The zero-order valence-electron chi connectivity index (χ0n) is 17.7. The SMILES string of the molecule is CC(NC(=O)[C@@H](Nc1ccc(C(F)(F)F)cc1Cl)C(C)C)c1ccc(-n2cncn2)cc1. The molecule has 0 radical (unpaired) electrons. The van der Waals surface area contributed by atoms with Gasteiger partial charge in [0, 0.05) is 0 Å². The van der Waals surface area contributed by atoms with Crippen molar-refractivity contribution in [3.05, 3.63) is 71.3 Å². The summed E-state index contributed by atoms with van der Waals surface area (Å²) in [5.41, 5.74) is 1.14. The molecule has 32 heavy (non-hydrogen) atoms. The Balaban J connectivity index is 1.70. The Labute approximate surface area is 188 Å².